The lowest BCUT2D eigenvalue weighted by Crippen LogP contribution is -2.57. The molecule has 2 aromatic rings. The minimum atomic E-state index is -1.20. The third kappa shape index (κ3) is 7.93. The third-order valence-corrected chi connectivity index (χ3v) is 6.42. The summed E-state index contributed by atoms with van der Waals surface area (Å²) in [7, 11) is 0. The van der Waals surface area contributed by atoms with Crippen LogP contribution in [0.4, 0.5) is 0 Å². The van der Waals surface area contributed by atoms with Gasteiger partial charge in [-0.2, -0.15) is 0 Å². The summed E-state index contributed by atoms with van der Waals surface area (Å²) < 4.78 is 0. The normalized spacial score (nSPS) is 17.2. The Kier molecular flexibility index (Phi) is 10.0. The predicted molar refractivity (Wildman–Crippen MR) is 142 cm³/mol. The van der Waals surface area contributed by atoms with Gasteiger partial charge in [-0.15, -0.1) is 0 Å². The number of H-pyrrole nitrogens is 1. The zero-order chi connectivity index (χ0) is 27.7. The topological polar surface area (TPSA) is 217 Å². The molecule has 1 aromatic heterocycles. The Morgan fingerprint density at radius 3 is 2.53 bits per heavy atom. The summed E-state index contributed by atoms with van der Waals surface area (Å²) in [6.07, 6.45) is 4.00. The number of nitrogens with zero attached hydrogens (tertiary/aromatic N) is 1. The van der Waals surface area contributed by atoms with Gasteiger partial charge in [0.1, 0.15) is 18.1 Å². The summed E-state index contributed by atoms with van der Waals surface area (Å²) in [6.45, 7) is 2.32. The molecule has 38 heavy (non-hydrogen) atoms. The molecule has 3 rings (SSSR count). The number of hydrogen-bond acceptors (Lipinski definition) is 6. The highest BCUT2D eigenvalue weighted by Gasteiger charge is 2.31. The molecule has 1 aliphatic rings. The number of carbonyl (C=O) groups excluding carboxylic acids is 3. The van der Waals surface area contributed by atoms with Gasteiger partial charge in [-0.3, -0.25) is 24.2 Å². The van der Waals surface area contributed by atoms with Gasteiger partial charge >= 0.3 is 5.97 Å². The van der Waals surface area contributed by atoms with E-state index in [2.05, 4.69) is 31.2 Å². The average Bonchev–Trinajstić information content (AvgIpc) is 3.56. The molecule has 10 N–H and O–H groups in total. The molecule has 2 heterocycles. The molecule has 0 bridgehead atoms. The fraction of sp³-hybridized carbons (Fsp3) is 0.480. The number of para-hydroxylation sites is 1. The molecule has 0 aliphatic carbocycles. The molecule has 1 aromatic carbocycles. The van der Waals surface area contributed by atoms with Crippen LogP contribution in [0.2, 0.25) is 0 Å². The van der Waals surface area contributed by atoms with Crippen molar-refractivity contribution in [3.8, 4) is 0 Å². The quantitative estimate of drug-likeness (QED) is 0.0921. The Hall–Kier alpha value is -4.13. The molecule has 0 saturated carbocycles. The van der Waals surface area contributed by atoms with Crippen LogP contribution >= 0.6 is 0 Å². The maximum absolute atomic E-state index is 13.4. The smallest absolute Gasteiger partial charge is 0.325 e. The van der Waals surface area contributed by atoms with E-state index in [0.29, 0.717) is 19.4 Å². The Bertz CT molecular complexity index is 1170. The summed E-state index contributed by atoms with van der Waals surface area (Å²) in [4.78, 5) is 57.7. The first-order chi connectivity index (χ1) is 18.2. The second-order valence-corrected chi connectivity index (χ2v) is 9.35. The number of rotatable bonds is 13. The number of aromatic nitrogens is 1. The van der Waals surface area contributed by atoms with Gasteiger partial charge in [0, 0.05) is 30.1 Å². The van der Waals surface area contributed by atoms with Crippen LogP contribution in [0.25, 0.3) is 10.9 Å². The van der Waals surface area contributed by atoms with Crippen molar-refractivity contribution in [3.05, 3.63) is 36.0 Å². The first-order valence-electron chi connectivity index (χ1n) is 12.6. The number of aliphatic carboxylic acids is 1. The van der Waals surface area contributed by atoms with E-state index < -0.39 is 42.0 Å². The standard InChI is InChI=1S/C25H36N8O5/c1-14(24(37)38)31-23(36)20(12-15-13-30-17-7-3-2-6-16(15)17)33-22(35)19(9-5-11-29-25(26)27)32-21(34)18-8-4-10-28-18/h2-3,6-7,13-14,18-20,28,30H,4-5,8-12H2,1H3,(H,31,36)(H,32,34)(H,33,35)(H,37,38)(H4,26,27,29). The third-order valence-electron chi connectivity index (χ3n) is 6.42. The lowest BCUT2D eigenvalue weighted by Gasteiger charge is -2.25. The van der Waals surface area contributed by atoms with Crippen molar-refractivity contribution in [3.63, 3.8) is 0 Å². The number of benzene rings is 1. The van der Waals surface area contributed by atoms with Crippen LogP contribution in [0.5, 0.6) is 0 Å². The van der Waals surface area contributed by atoms with Crippen LogP contribution in [0, 0.1) is 0 Å². The number of amides is 3. The van der Waals surface area contributed by atoms with E-state index >= 15 is 0 Å². The largest absolute Gasteiger partial charge is 0.480 e. The molecule has 1 saturated heterocycles. The number of carboxylic acid groups (broad SMARTS) is 1. The first kappa shape index (κ1) is 28.4. The molecule has 0 spiro atoms. The van der Waals surface area contributed by atoms with Crippen molar-refractivity contribution in [1.82, 2.24) is 26.3 Å². The zero-order valence-corrected chi connectivity index (χ0v) is 21.3. The average molecular weight is 529 g/mol. The molecular formula is C25H36N8O5. The molecule has 4 atom stereocenters. The summed E-state index contributed by atoms with van der Waals surface area (Å²) in [5.74, 6) is -2.80. The summed E-state index contributed by atoms with van der Waals surface area (Å²) >= 11 is 0. The fourth-order valence-electron chi connectivity index (χ4n) is 4.33. The number of hydrogen-bond donors (Lipinski definition) is 8. The molecular weight excluding hydrogens is 492 g/mol. The number of guanidine groups is 1. The Morgan fingerprint density at radius 1 is 1.11 bits per heavy atom. The van der Waals surface area contributed by atoms with Crippen LogP contribution < -0.4 is 32.7 Å². The molecule has 0 radical (unpaired) electrons. The van der Waals surface area contributed by atoms with E-state index in [1.54, 1.807) is 6.20 Å². The number of carboxylic acids is 1. The number of nitrogens with two attached hydrogens (primary N) is 2. The van der Waals surface area contributed by atoms with Crippen molar-refractivity contribution in [2.75, 3.05) is 13.1 Å². The van der Waals surface area contributed by atoms with Gasteiger partial charge in [0.05, 0.1) is 6.04 Å². The van der Waals surface area contributed by atoms with Gasteiger partial charge in [0.2, 0.25) is 17.7 Å². The van der Waals surface area contributed by atoms with Gasteiger partial charge in [-0.25, -0.2) is 0 Å². The van der Waals surface area contributed by atoms with Gasteiger partial charge in [-0.05, 0) is 50.8 Å². The molecule has 1 aliphatic heterocycles. The summed E-state index contributed by atoms with van der Waals surface area (Å²) in [5.41, 5.74) is 12.4. The van der Waals surface area contributed by atoms with E-state index in [4.69, 9.17) is 11.5 Å². The van der Waals surface area contributed by atoms with E-state index in [0.717, 1.165) is 22.9 Å². The van der Waals surface area contributed by atoms with Crippen LogP contribution in [0.15, 0.2) is 35.5 Å². The second kappa shape index (κ2) is 13.4. The Morgan fingerprint density at radius 2 is 1.84 bits per heavy atom. The van der Waals surface area contributed by atoms with Crippen molar-refractivity contribution in [1.29, 1.82) is 0 Å². The highest BCUT2D eigenvalue weighted by Crippen LogP contribution is 2.19. The molecule has 4 unspecified atom stereocenters. The molecule has 13 nitrogen and oxygen atoms in total. The lowest BCUT2D eigenvalue weighted by atomic mass is 10.0. The van der Waals surface area contributed by atoms with Crippen LogP contribution in [-0.4, -0.2) is 77.0 Å². The fourth-order valence-corrected chi connectivity index (χ4v) is 4.33. The van der Waals surface area contributed by atoms with Gasteiger partial charge in [-0.1, -0.05) is 18.2 Å². The van der Waals surface area contributed by atoms with Crippen molar-refractivity contribution in [2.45, 2.75) is 63.2 Å². The SMILES string of the molecule is CC(NC(=O)C(Cc1c[nH]c2ccccc12)NC(=O)C(CCCN=C(N)N)NC(=O)C1CCCN1)C(=O)O. The number of aliphatic imine (C=N–C) groups is 1. The highest BCUT2D eigenvalue weighted by atomic mass is 16.4. The number of aromatic amines is 1. The molecule has 3 amide bonds. The van der Waals surface area contributed by atoms with E-state index in [1.807, 2.05) is 24.3 Å². The highest BCUT2D eigenvalue weighted by molar-refractivity contribution is 5.94. The number of carbonyl (C=O) groups is 4. The van der Waals surface area contributed by atoms with E-state index in [1.165, 1.54) is 6.92 Å². The minimum Gasteiger partial charge on any atom is -0.480 e. The van der Waals surface area contributed by atoms with Crippen LogP contribution in [-0.2, 0) is 25.6 Å². The van der Waals surface area contributed by atoms with Crippen molar-refractivity contribution in [2.24, 2.45) is 16.5 Å². The van der Waals surface area contributed by atoms with Crippen molar-refractivity contribution < 1.29 is 24.3 Å². The van der Waals surface area contributed by atoms with Crippen LogP contribution in [0.1, 0.15) is 38.2 Å². The molecule has 1 fully saturated rings. The summed E-state index contributed by atoms with van der Waals surface area (Å²) in [5, 5.41) is 21.2. The monoisotopic (exact) mass is 528 g/mol. The van der Waals surface area contributed by atoms with Gasteiger partial charge < -0.3 is 42.8 Å². The second-order valence-electron chi connectivity index (χ2n) is 9.35. The minimum absolute atomic E-state index is 0.0757. The Labute approximate surface area is 220 Å². The van der Waals surface area contributed by atoms with E-state index in [9.17, 15) is 24.3 Å². The number of nitrogens with one attached hydrogen (secondary N) is 5. The van der Waals surface area contributed by atoms with Crippen molar-refractivity contribution >= 4 is 40.6 Å². The van der Waals surface area contributed by atoms with Crippen LogP contribution in [0.3, 0.4) is 0 Å². The first-order valence-corrected chi connectivity index (χ1v) is 12.6. The molecule has 13 heteroatoms. The number of fused-ring (bicyclic) bond motifs is 1. The lowest BCUT2D eigenvalue weighted by molar-refractivity contribution is -0.141. The molecule has 206 valence electrons. The maximum Gasteiger partial charge on any atom is 0.325 e. The van der Waals surface area contributed by atoms with Gasteiger partial charge in [0.15, 0.2) is 5.96 Å². The maximum atomic E-state index is 13.4. The van der Waals surface area contributed by atoms with Gasteiger partial charge in [0.25, 0.3) is 0 Å². The predicted octanol–water partition coefficient (Wildman–Crippen LogP) is -0.925. The Balaban J connectivity index is 1.79. The zero-order valence-electron chi connectivity index (χ0n) is 21.3. The van der Waals surface area contributed by atoms with E-state index in [-0.39, 0.29) is 31.3 Å². The summed E-state index contributed by atoms with van der Waals surface area (Å²) in [6, 6.07) is 3.91.